The van der Waals surface area contributed by atoms with E-state index in [1.165, 1.54) is 11.1 Å². The van der Waals surface area contributed by atoms with Crippen molar-refractivity contribution in [3.63, 3.8) is 0 Å². The van der Waals surface area contributed by atoms with Crippen molar-refractivity contribution in [1.29, 1.82) is 0 Å². The fraction of sp³-hybridized carbons (Fsp3) is 0.476. The second-order valence-electron chi connectivity index (χ2n) is 6.09. The SMILES string of the molecule is C#CCCCCC#CC=Nc1c(C(C)C)cccc1C(C)C. The Hall–Kier alpha value is -1.99. The van der Waals surface area contributed by atoms with Gasteiger partial charge in [-0.25, -0.2) is 4.99 Å². The van der Waals surface area contributed by atoms with Crippen molar-refractivity contribution in [1.82, 2.24) is 0 Å². The van der Waals surface area contributed by atoms with Crippen LogP contribution in [0.3, 0.4) is 0 Å². The number of hydrogen-bond donors (Lipinski definition) is 0. The number of aliphatic imine (C=N–C) groups is 1. The predicted molar refractivity (Wildman–Crippen MR) is 97.8 cm³/mol. The van der Waals surface area contributed by atoms with Crippen LogP contribution in [0.1, 0.15) is 76.3 Å². The Morgan fingerprint density at radius 1 is 1.05 bits per heavy atom. The van der Waals surface area contributed by atoms with Crippen LogP contribution in [-0.4, -0.2) is 6.21 Å². The monoisotopic (exact) mass is 293 g/mol. The summed E-state index contributed by atoms with van der Waals surface area (Å²) in [6.45, 7) is 8.82. The molecule has 0 spiro atoms. The van der Waals surface area contributed by atoms with E-state index in [1.54, 1.807) is 6.21 Å². The van der Waals surface area contributed by atoms with Crippen molar-refractivity contribution < 1.29 is 0 Å². The highest BCUT2D eigenvalue weighted by Crippen LogP contribution is 2.34. The largest absolute Gasteiger partial charge is 0.247 e. The first-order valence-electron chi connectivity index (χ1n) is 8.15. The maximum absolute atomic E-state index is 5.23. The molecule has 0 bridgehead atoms. The van der Waals surface area contributed by atoms with Crippen LogP contribution in [0.25, 0.3) is 0 Å². The molecule has 0 aliphatic heterocycles. The third-order valence-electron chi connectivity index (χ3n) is 3.58. The van der Waals surface area contributed by atoms with Crippen molar-refractivity contribution in [2.24, 2.45) is 4.99 Å². The number of unbranched alkanes of at least 4 members (excludes halogenated alkanes) is 3. The second kappa shape index (κ2) is 9.86. The molecule has 0 radical (unpaired) electrons. The van der Waals surface area contributed by atoms with Gasteiger partial charge in [0.1, 0.15) is 0 Å². The Morgan fingerprint density at radius 3 is 2.18 bits per heavy atom. The van der Waals surface area contributed by atoms with Gasteiger partial charge >= 0.3 is 0 Å². The summed E-state index contributed by atoms with van der Waals surface area (Å²) in [6, 6.07) is 6.45. The number of rotatable bonds is 6. The van der Waals surface area contributed by atoms with Crippen LogP contribution in [0.5, 0.6) is 0 Å². The van der Waals surface area contributed by atoms with E-state index in [0.717, 1.165) is 31.4 Å². The average Bonchev–Trinajstić information content (AvgIpc) is 2.49. The van der Waals surface area contributed by atoms with E-state index >= 15 is 0 Å². The molecule has 1 aromatic rings. The molecule has 116 valence electrons. The Labute approximate surface area is 136 Å². The number of nitrogens with zero attached hydrogens (tertiary/aromatic N) is 1. The van der Waals surface area contributed by atoms with E-state index in [-0.39, 0.29) is 0 Å². The van der Waals surface area contributed by atoms with E-state index in [9.17, 15) is 0 Å². The average molecular weight is 293 g/mol. The molecule has 0 heterocycles. The minimum Gasteiger partial charge on any atom is -0.247 e. The first-order chi connectivity index (χ1) is 10.6. The van der Waals surface area contributed by atoms with Gasteiger partial charge in [0.05, 0.1) is 11.9 Å². The second-order valence-corrected chi connectivity index (χ2v) is 6.09. The molecule has 22 heavy (non-hydrogen) atoms. The van der Waals surface area contributed by atoms with Gasteiger partial charge in [-0.3, -0.25) is 0 Å². The molecule has 0 atom stereocenters. The van der Waals surface area contributed by atoms with Gasteiger partial charge in [-0.2, -0.15) is 0 Å². The zero-order valence-electron chi connectivity index (χ0n) is 14.3. The maximum atomic E-state index is 5.23. The van der Waals surface area contributed by atoms with E-state index < -0.39 is 0 Å². The Morgan fingerprint density at radius 2 is 1.64 bits per heavy atom. The molecule has 0 amide bonds. The van der Waals surface area contributed by atoms with Gasteiger partial charge in [-0.05, 0) is 35.8 Å². The van der Waals surface area contributed by atoms with Gasteiger partial charge in [0, 0.05) is 12.8 Å². The minimum absolute atomic E-state index is 0.461. The lowest BCUT2D eigenvalue weighted by Gasteiger charge is -2.15. The topological polar surface area (TPSA) is 12.4 Å². The third kappa shape index (κ3) is 5.79. The molecule has 0 fully saturated rings. The van der Waals surface area contributed by atoms with Gasteiger partial charge in [-0.1, -0.05) is 57.7 Å². The highest BCUT2D eigenvalue weighted by Gasteiger charge is 2.12. The van der Waals surface area contributed by atoms with Gasteiger partial charge < -0.3 is 0 Å². The lowest BCUT2D eigenvalue weighted by atomic mass is 9.93. The van der Waals surface area contributed by atoms with Gasteiger partial charge in [0.25, 0.3) is 0 Å². The first-order valence-corrected chi connectivity index (χ1v) is 8.15. The highest BCUT2D eigenvalue weighted by molar-refractivity contribution is 5.82. The molecule has 0 aliphatic rings. The molecule has 1 heteroatoms. The highest BCUT2D eigenvalue weighted by atomic mass is 14.7. The van der Waals surface area contributed by atoms with E-state index in [0.29, 0.717) is 11.8 Å². The molecule has 0 saturated carbocycles. The Balaban J connectivity index is 2.81. The molecule has 0 aliphatic carbocycles. The third-order valence-corrected chi connectivity index (χ3v) is 3.58. The predicted octanol–water partition coefficient (Wildman–Crippen LogP) is 5.83. The van der Waals surface area contributed by atoms with E-state index in [1.807, 2.05) is 0 Å². The first kappa shape index (κ1) is 18.1. The maximum Gasteiger partial charge on any atom is 0.0773 e. The fourth-order valence-electron chi connectivity index (χ4n) is 2.32. The number of terminal acetylenes is 1. The van der Waals surface area contributed by atoms with Crippen molar-refractivity contribution in [3.05, 3.63) is 29.3 Å². The summed E-state index contributed by atoms with van der Waals surface area (Å²) in [6.07, 6.45) is 10.8. The lowest BCUT2D eigenvalue weighted by Crippen LogP contribution is -1.95. The number of benzene rings is 1. The molecular formula is C21H27N. The molecule has 0 saturated heterocycles. The van der Waals surface area contributed by atoms with Crippen LogP contribution in [0.2, 0.25) is 0 Å². The van der Waals surface area contributed by atoms with Gasteiger partial charge in [-0.15, -0.1) is 12.3 Å². The minimum atomic E-state index is 0.461. The van der Waals surface area contributed by atoms with Crippen molar-refractivity contribution in [3.8, 4) is 24.2 Å². The molecule has 0 N–H and O–H groups in total. The fourth-order valence-corrected chi connectivity index (χ4v) is 2.32. The normalized spacial score (nSPS) is 10.8. The van der Waals surface area contributed by atoms with Crippen molar-refractivity contribution in [2.75, 3.05) is 0 Å². The molecule has 0 aromatic heterocycles. The van der Waals surface area contributed by atoms with E-state index in [2.05, 4.69) is 68.6 Å². The molecule has 0 unspecified atom stereocenters. The van der Waals surface area contributed by atoms with E-state index in [4.69, 9.17) is 6.42 Å². The zero-order valence-corrected chi connectivity index (χ0v) is 14.3. The van der Waals surface area contributed by atoms with Gasteiger partial charge in [0.2, 0.25) is 0 Å². The van der Waals surface area contributed by atoms with Crippen molar-refractivity contribution >= 4 is 11.9 Å². The summed E-state index contributed by atoms with van der Waals surface area (Å²) in [5.74, 6) is 9.77. The molecule has 1 nitrogen and oxygen atoms in total. The summed E-state index contributed by atoms with van der Waals surface area (Å²) in [5.41, 5.74) is 3.67. The Bertz CT molecular complexity index is 562. The number of para-hydroxylation sites is 1. The lowest BCUT2D eigenvalue weighted by molar-refractivity contribution is 0.783. The number of hydrogen-bond acceptors (Lipinski definition) is 1. The quantitative estimate of drug-likeness (QED) is 0.355. The summed E-state index contributed by atoms with van der Waals surface area (Å²) in [7, 11) is 0. The van der Waals surface area contributed by atoms with Crippen LogP contribution in [0.4, 0.5) is 5.69 Å². The smallest absolute Gasteiger partial charge is 0.0773 e. The molecule has 1 aromatic carbocycles. The molecular weight excluding hydrogens is 266 g/mol. The van der Waals surface area contributed by atoms with Crippen LogP contribution in [-0.2, 0) is 0 Å². The van der Waals surface area contributed by atoms with Crippen LogP contribution in [0, 0.1) is 24.2 Å². The Kier molecular flexibility index (Phi) is 8.09. The summed E-state index contributed by atoms with van der Waals surface area (Å²) >= 11 is 0. The summed E-state index contributed by atoms with van der Waals surface area (Å²) < 4.78 is 0. The summed E-state index contributed by atoms with van der Waals surface area (Å²) in [4.78, 5) is 4.65. The van der Waals surface area contributed by atoms with Crippen molar-refractivity contribution in [2.45, 2.75) is 65.2 Å². The van der Waals surface area contributed by atoms with Crippen LogP contribution in [0.15, 0.2) is 23.2 Å². The van der Waals surface area contributed by atoms with Crippen LogP contribution >= 0.6 is 0 Å². The zero-order chi connectivity index (χ0) is 16.4. The molecule has 1 rings (SSSR count). The standard InChI is InChI=1S/C21H27N/c1-6-7-8-9-10-11-12-16-22-21-19(17(2)3)14-13-15-20(21)18(4)5/h1,13-18H,7-10H2,2-5H3. The van der Waals surface area contributed by atoms with Gasteiger partial charge in [0.15, 0.2) is 0 Å². The summed E-state index contributed by atoms with van der Waals surface area (Å²) in [5, 5.41) is 0. The van der Waals surface area contributed by atoms with Crippen LogP contribution < -0.4 is 0 Å².